The SMILES string of the molecule is C#CCCNS(=O)(=O)c1ccccc1. The third-order valence-corrected chi connectivity index (χ3v) is 3.09. The van der Waals surface area contributed by atoms with E-state index in [1.807, 2.05) is 0 Å². The minimum atomic E-state index is -3.38. The molecule has 0 bridgehead atoms. The van der Waals surface area contributed by atoms with Gasteiger partial charge in [0.25, 0.3) is 0 Å². The Balaban J connectivity index is 2.73. The average Bonchev–Trinajstić information content (AvgIpc) is 2.19. The van der Waals surface area contributed by atoms with E-state index in [4.69, 9.17) is 6.42 Å². The molecule has 0 spiro atoms. The lowest BCUT2D eigenvalue weighted by Crippen LogP contribution is -2.24. The van der Waals surface area contributed by atoms with Crippen molar-refractivity contribution in [2.45, 2.75) is 11.3 Å². The van der Waals surface area contributed by atoms with Gasteiger partial charge in [0.2, 0.25) is 10.0 Å². The summed E-state index contributed by atoms with van der Waals surface area (Å²) in [7, 11) is -3.38. The van der Waals surface area contributed by atoms with Crippen LogP contribution in [0.1, 0.15) is 6.42 Å². The van der Waals surface area contributed by atoms with Gasteiger partial charge < -0.3 is 0 Å². The highest BCUT2D eigenvalue weighted by Crippen LogP contribution is 2.06. The molecule has 14 heavy (non-hydrogen) atoms. The van der Waals surface area contributed by atoms with Gasteiger partial charge in [0.1, 0.15) is 0 Å². The summed E-state index contributed by atoms with van der Waals surface area (Å²) < 4.78 is 25.5. The molecule has 0 atom stereocenters. The fourth-order valence-electron chi connectivity index (χ4n) is 0.941. The molecule has 4 heteroatoms. The predicted octanol–water partition coefficient (Wildman–Crippen LogP) is 0.988. The molecule has 0 fully saturated rings. The molecule has 1 rings (SSSR count). The molecule has 1 aromatic carbocycles. The van der Waals surface area contributed by atoms with E-state index in [0.29, 0.717) is 6.42 Å². The number of benzene rings is 1. The molecule has 3 nitrogen and oxygen atoms in total. The van der Waals surface area contributed by atoms with E-state index in [-0.39, 0.29) is 11.4 Å². The summed E-state index contributed by atoms with van der Waals surface area (Å²) in [4.78, 5) is 0.261. The molecule has 0 unspecified atom stereocenters. The summed E-state index contributed by atoms with van der Waals surface area (Å²) in [5.41, 5.74) is 0. The highest BCUT2D eigenvalue weighted by Gasteiger charge is 2.11. The highest BCUT2D eigenvalue weighted by molar-refractivity contribution is 7.89. The van der Waals surface area contributed by atoms with E-state index < -0.39 is 10.0 Å². The van der Waals surface area contributed by atoms with Crippen molar-refractivity contribution in [2.24, 2.45) is 0 Å². The van der Waals surface area contributed by atoms with Gasteiger partial charge >= 0.3 is 0 Å². The molecule has 0 saturated heterocycles. The average molecular weight is 209 g/mol. The number of rotatable bonds is 4. The summed E-state index contributed by atoms with van der Waals surface area (Å²) in [6, 6.07) is 8.20. The summed E-state index contributed by atoms with van der Waals surface area (Å²) in [5.74, 6) is 2.36. The number of terminal acetylenes is 1. The van der Waals surface area contributed by atoms with Gasteiger partial charge in [-0.05, 0) is 12.1 Å². The van der Waals surface area contributed by atoms with Crippen LogP contribution < -0.4 is 4.72 Å². The van der Waals surface area contributed by atoms with Crippen LogP contribution >= 0.6 is 0 Å². The maximum Gasteiger partial charge on any atom is 0.240 e. The van der Waals surface area contributed by atoms with Crippen molar-refractivity contribution in [1.82, 2.24) is 4.72 Å². The number of nitrogens with one attached hydrogen (secondary N) is 1. The Morgan fingerprint density at radius 3 is 2.50 bits per heavy atom. The Bertz CT molecular complexity index is 417. The van der Waals surface area contributed by atoms with Crippen molar-refractivity contribution in [3.63, 3.8) is 0 Å². The fourth-order valence-corrected chi connectivity index (χ4v) is 1.99. The summed E-state index contributed by atoms with van der Waals surface area (Å²) in [6.07, 6.45) is 5.41. The molecular formula is C10H11NO2S. The first-order valence-electron chi connectivity index (χ1n) is 4.15. The molecule has 1 N–H and O–H groups in total. The van der Waals surface area contributed by atoms with E-state index in [2.05, 4.69) is 10.6 Å². The second-order valence-electron chi connectivity index (χ2n) is 2.66. The normalized spacial score (nSPS) is 10.8. The molecule has 0 radical (unpaired) electrons. The highest BCUT2D eigenvalue weighted by atomic mass is 32.2. The van der Waals surface area contributed by atoms with Gasteiger partial charge in [0.15, 0.2) is 0 Å². The minimum absolute atomic E-state index is 0.261. The predicted molar refractivity (Wildman–Crippen MR) is 55.1 cm³/mol. The molecule has 0 aromatic heterocycles. The molecular weight excluding hydrogens is 198 g/mol. The maximum atomic E-state index is 11.5. The lowest BCUT2D eigenvalue weighted by molar-refractivity contribution is 0.582. The Morgan fingerprint density at radius 1 is 1.29 bits per heavy atom. The van der Waals surface area contributed by atoms with Crippen molar-refractivity contribution in [3.05, 3.63) is 30.3 Å². The largest absolute Gasteiger partial charge is 0.240 e. The molecule has 0 aliphatic rings. The van der Waals surface area contributed by atoms with Crippen LogP contribution in [0.2, 0.25) is 0 Å². The van der Waals surface area contributed by atoms with Crippen molar-refractivity contribution < 1.29 is 8.42 Å². The van der Waals surface area contributed by atoms with Gasteiger partial charge in [-0.1, -0.05) is 18.2 Å². The second kappa shape index (κ2) is 4.80. The molecule has 0 aliphatic carbocycles. The van der Waals surface area contributed by atoms with Gasteiger partial charge in [-0.3, -0.25) is 0 Å². The van der Waals surface area contributed by atoms with Gasteiger partial charge in [-0.15, -0.1) is 12.3 Å². The van der Waals surface area contributed by atoms with E-state index >= 15 is 0 Å². The van der Waals surface area contributed by atoms with Crippen LogP contribution in [0.3, 0.4) is 0 Å². The van der Waals surface area contributed by atoms with Crippen LogP contribution in [-0.4, -0.2) is 15.0 Å². The minimum Gasteiger partial charge on any atom is -0.210 e. The quantitative estimate of drug-likeness (QED) is 0.593. The van der Waals surface area contributed by atoms with Gasteiger partial charge in [-0.25, -0.2) is 13.1 Å². The zero-order chi connectivity index (χ0) is 10.4. The van der Waals surface area contributed by atoms with Crippen LogP contribution in [0.5, 0.6) is 0 Å². The Kier molecular flexibility index (Phi) is 3.69. The summed E-state index contributed by atoms with van der Waals surface area (Å²) in [6.45, 7) is 0.272. The van der Waals surface area contributed by atoms with E-state index in [0.717, 1.165) is 0 Å². The van der Waals surface area contributed by atoms with Crippen molar-refractivity contribution in [3.8, 4) is 12.3 Å². The number of hydrogen-bond donors (Lipinski definition) is 1. The van der Waals surface area contributed by atoms with Gasteiger partial charge in [-0.2, -0.15) is 0 Å². The Morgan fingerprint density at radius 2 is 1.93 bits per heavy atom. The molecule has 74 valence electrons. The smallest absolute Gasteiger partial charge is 0.210 e. The van der Waals surface area contributed by atoms with Crippen LogP contribution in [0, 0.1) is 12.3 Å². The second-order valence-corrected chi connectivity index (χ2v) is 4.43. The first-order valence-corrected chi connectivity index (χ1v) is 5.63. The van der Waals surface area contributed by atoms with Crippen molar-refractivity contribution in [1.29, 1.82) is 0 Å². The number of hydrogen-bond acceptors (Lipinski definition) is 2. The lowest BCUT2D eigenvalue weighted by atomic mass is 10.4. The Hall–Kier alpha value is -1.31. The maximum absolute atomic E-state index is 11.5. The zero-order valence-electron chi connectivity index (χ0n) is 7.60. The van der Waals surface area contributed by atoms with Gasteiger partial charge in [0, 0.05) is 13.0 Å². The van der Waals surface area contributed by atoms with Crippen LogP contribution in [0.15, 0.2) is 35.2 Å². The molecule has 0 amide bonds. The van der Waals surface area contributed by atoms with Crippen LogP contribution in [-0.2, 0) is 10.0 Å². The Labute approximate surface area is 84.2 Å². The van der Waals surface area contributed by atoms with E-state index in [1.165, 1.54) is 12.1 Å². The fraction of sp³-hybridized carbons (Fsp3) is 0.200. The molecule has 0 heterocycles. The number of sulfonamides is 1. The first-order chi connectivity index (χ1) is 6.67. The van der Waals surface area contributed by atoms with E-state index in [1.54, 1.807) is 18.2 Å². The third kappa shape index (κ3) is 2.87. The lowest BCUT2D eigenvalue weighted by Gasteiger charge is -2.03. The van der Waals surface area contributed by atoms with Crippen molar-refractivity contribution >= 4 is 10.0 Å². The zero-order valence-corrected chi connectivity index (χ0v) is 8.42. The monoisotopic (exact) mass is 209 g/mol. The standard InChI is InChI=1S/C10H11NO2S/c1-2-3-9-11-14(12,13)10-7-5-4-6-8-10/h1,4-8,11H,3,9H2. The van der Waals surface area contributed by atoms with Crippen LogP contribution in [0.25, 0.3) is 0 Å². The first kappa shape index (κ1) is 10.8. The molecule has 0 aliphatic heterocycles. The van der Waals surface area contributed by atoms with E-state index in [9.17, 15) is 8.42 Å². The summed E-state index contributed by atoms with van der Waals surface area (Å²) >= 11 is 0. The van der Waals surface area contributed by atoms with Gasteiger partial charge in [0.05, 0.1) is 4.90 Å². The van der Waals surface area contributed by atoms with Crippen LogP contribution in [0.4, 0.5) is 0 Å². The molecule has 1 aromatic rings. The summed E-state index contributed by atoms with van der Waals surface area (Å²) in [5, 5.41) is 0. The molecule has 0 saturated carbocycles. The topological polar surface area (TPSA) is 46.2 Å². The van der Waals surface area contributed by atoms with Crippen molar-refractivity contribution in [2.75, 3.05) is 6.54 Å². The third-order valence-electron chi connectivity index (χ3n) is 1.61.